The zero-order chi connectivity index (χ0) is 23.8. The summed E-state index contributed by atoms with van der Waals surface area (Å²) in [5.74, 6) is 0.551. The summed E-state index contributed by atoms with van der Waals surface area (Å²) in [5.41, 5.74) is 2.42. The van der Waals surface area contributed by atoms with Crippen LogP contribution in [-0.2, 0) is 16.1 Å². The summed E-state index contributed by atoms with van der Waals surface area (Å²) in [5, 5.41) is 1.06. The van der Waals surface area contributed by atoms with Gasteiger partial charge in [0.1, 0.15) is 4.32 Å². The monoisotopic (exact) mass is 497 g/mol. The zero-order valence-electron chi connectivity index (χ0n) is 19.8. The molecular formula is C26H31N3O3S2. The summed E-state index contributed by atoms with van der Waals surface area (Å²) >= 11 is 6.84. The minimum Gasteiger partial charge on any atom is -0.376 e. The van der Waals surface area contributed by atoms with E-state index in [2.05, 4.69) is 17.9 Å². The Balaban J connectivity index is 1.61. The summed E-state index contributed by atoms with van der Waals surface area (Å²) in [6.45, 7) is 7.86. The van der Waals surface area contributed by atoms with Gasteiger partial charge in [-0.2, -0.15) is 0 Å². The molecule has 0 N–H and O–H groups in total. The number of ether oxygens (including phenoxy) is 1. The number of benzene rings is 1. The molecule has 1 unspecified atom stereocenters. The van der Waals surface area contributed by atoms with Gasteiger partial charge in [-0.1, -0.05) is 49.1 Å². The Hall–Kier alpha value is -2.16. The van der Waals surface area contributed by atoms with Crippen molar-refractivity contribution >= 4 is 56.9 Å². The fourth-order valence-electron chi connectivity index (χ4n) is 5.21. The van der Waals surface area contributed by atoms with Gasteiger partial charge in [-0.25, -0.2) is 0 Å². The number of amides is 1. The minimum absolute atomic E-state index is 0.0331. The molecular weight excluding hydrogens is 466 g/mol. The first-order valence-electron chi connectivity index (χ1n) is 12.3. The number of pyridine rings is 1. The number of piperidine rings is 1. The molecule has 5 rings (SSSR count). The third-order valence-corrected chi connectivity index (χ3v) is 8.53. The Kier molecular flexibility index (Phi) is 6.82. The van der Waals surface area contributed by atoms with Crippen molar-refractivity contribution in [2.45, 2.75) is 52.2 Å². The first-order valence-corrected chi connectivity index (χ1v) is 13.5. The maximum Gasteiger partial charge on any atom is 0.266 e. The lowest BCUT2D eigenvalue weighted by Crippen LogP contribution is -2.36. The molecule has 3 fully saturated rings. The van der Waals surface area contributed by atoms with Crippen molar-refractivity contribution in [3.63, 3.8) is 0 Å². The first kappa shape index (κ1) is 23.6. The van der Waals surface area contributed by atoms with E-state index in [1.54, 1.807) is 11.0 Å². The Morgan fingerprint density at radius 2 is 1.94 bits per heavy atom. The topological polar surface area (TPSA) is 54.8 Å². The number of carbonyl (C=O) groups is 1. The molecule has 3 aliphatic rings. The Bertz CT molecular complexity index is 1210. The molecule has 3 saturated heterocycles. The van der Waals surface area contributed by atoms with Crippen LogP contribution in [0.3, 0.4) is 0 Å². The third kappa shape index (κ3) is 4.32. The summed E-state index contributed by atoms with van der Waals surface area (Å²) in [6, 6.07) is 8.11. The lowest BCUT2D eigenvalue weighted by molar-refractivity contribution is -0.123. The number of aromatic nitrogens is 1. The van der Waals surface area contributed by atoms with E-state index in [9.17, 15) is 9.59 Å². The minimum atomic E-state index is -0.126. The van der Waals surface area contributed by atoms with Crippen molar-refractivity contribution in [3.05, 3.63) is 45.1 Å². The quantitative estimate of drug-likeness (QED) is 0.443. The van der Waals surface area contributed by atoms with Crippen LogP contribution in [0.1, 0.15) is 45.1 Å². The molecule has 0 radical (unpaired) electrons. The average molecular weight is 498 g/mol. The SMILES string of the molecule is CCn1c(=O)c(C=C2SC(=S)N(CC3CCCO3)C2=O)c(N2CCC(C)CC2)c2ccccc21. The van der Waals surface area contributed by atoms with Crippen LogP contribution >= 0.6 is 24.0 Å². The van der Waals surface area contributed by atoms with E-state index in [-0.39, 0.29) is 17.6 Å². The molecule has 2 aromatic rings. The number of anilines is 1. The van der Waals surface area contributed by atoms with Gasteiger partial charge < -0.3 is 14.2 Å². The van der Waals surface area contributed by atoms with Gasteiger partial charge in [0.25, 0.3) is 11.5 Å². The highest BCUT2D eigenvalue weighted by atomic mass is 32.2. The predicted molar refractivity (Wildman–Crippen MR) is 143 cm³/mol. The third-order valence-electron chi connectivity index (χ3n) is 7.16. The molecule has 0 bridgehead atoms. The zero-order valence-corrected chi connectivity index (χ0v) is 21.4. The van der Waals surface area contributed by atoms with E-state index < -0.39 is 0 Å². The van der Waals surface area contributed by atoms with Gasteiger partial charge in [-0.15, -0.1) is 0 Å². The summed E-state index contributed by atoms with van der Waals surface area (Å²) < 4.78 is 8.08. The van der Waals surface area contributed by atoms with Gasteiger partial charge in [0, 0.05) is 31.6 Å². The Morgan fingerprint density at radius 1 is 1.18 bits per heavy atom. The number of rotatable bonds is 5. The molecule has 1 atom stereocenters. The average Bonchev–Trinajstić information content (AvgIpc) is 3.44. The fraction of sp³-hybridized carbons (Fsp3) is 0.500. The van der Waals surface area contributed by atoms with E-state index in [4.69, 9.17) is 17.0 Å². The van der Waals surface area contributed by atoms with Crippen LogP contribution in [0.15, 0.2) is 34.0 Å². The molecule has 34 heavy (non-hydrogen) atoms. The number of nitrogens with zero attached hydrogens (tertiary/aromatic N) is 3. The highest BCUT2D eigenvalue weighted by Crippen LogP contribution is 2.37. The molecule has 0 spiro atoms. The number of thioether (sulfide) groups is 1. The van der Waals surface area contributed by atoms with Crippen molar-refractivity contribution in [1.29, 1.82) is 0 Å². The molecule has 0 aliphatic carbocycles. The largest absolute Gasteiger partial charge is 0.376 e. The molecule has 1 amide bonds. The van der Waals surface area contributed by atoms with E-state index in [0.717, 1.165) is 62.0 Å². The molecule has 0 saturated carbocycles. The number of thiocarbonyl (C=S) groups is 1. The van der Waals surface area contributed by atoms with Crippen molar-refractivity contribution in [2.75, 3.05) is 31.1 Å². The highest BCUT2D eigenvalue weighted by molar-refractivity contribution is 8.26. The van der Waals surface area contributed by atoms with Crippen LogP contribution < -0.4 is 10.5 Å². The van der Waals surface area contributed by atoms with E-state index in [0.29, 0.717) is 33.8 Å². The number of hydrogen-bond acceptors (Lipinski definition) is 6. The summed E-state index contributed by atoms with van der Waals surface area (Å²) in [4.78, 5) is 31.6. The van der Waals surface area contributed by atoms with Crippen molar-refractivity contribution in [1.82, 2.24) is 9.47 Å². The Labute approximate surface area is 209 Å². The molecule has 4 heterocycles. The highest BCUT2D eigenvalue weighted by Gasteiger charge is 2.35. The van der Waals surface area contributed by atoms with Gasteiger partial charge in [0.05, 0.1) is 34.3 Å². The predicted octanol–water partition coefficient (Wildman–Crippen LogP) is 4.64. The molecule has 8 heteroatoms. The van der Waals surface area contributed by atoms with Gasteiger partial charge in [0.15, 0.2) is 0 Å². The van der Waals surface area contributed by atoms with Gasteiger partial charge in [0.2, 0.25) is 0 Å². The number of fused-ring (bicyclic) bond motifs is 1. The number of hydrogen-bond donors (Lipinski definition) is 0. The van der Waals surface area contributed by atoms with Crippen LogP contribution in [0.2, 0.25) is 0 Å². The second-order valence-electron chi connectivity index (χ2n) is 9.43. The standard InChI is InChI=1S/C26H31N3O3S2/c1-3-28-21-9-5-4-8-19(21)23(27-12-10-17(2)11-13-27)20(24(28)30)15-22-25(31)29(26(33)34-22)16-18-7-6-14-32-18/h4-5,8-9,15,17-18H,3,6-7,10-14,16H2,1-2H3. The molecule has 180 valence electrons. The second-order valence-corrected chi connectivity index (χ2v) is 11.1. The lowest BCUT2D eigenvalue weighted by atomic mass is 9.97. The molecule has 6 nitrogen and oxygen atoms in total. The number of carbonyl (C=O) groups excluding carboxylic acids is 1. The van der Waals surface area contributed by atoms with E-state index in [1.165, 1.54) is 11.8 Å². The van der Waals surface area contributed by atoms with Crippen LogP contribution in [0.5, 0.6) is 0 Å². The van der Waals surface area contributed by atoms with Crippen LogP contribution in [0.25, 0.3) is 17.0 Å². The van der Waals surface area contributed by atoms with Crippen LogP contribution in [0, 0.1) is 5.92 Å². The smallest absolute Gasteiger partial charge is 0.266 e. The van der Waals surface area contributed by atoms with Crippen molar-refractivity contribution in [2.24, 2.45) is 5.92 Å². The van der Waals surface area contributed by atoms with E-state index in [1.807, 2.05) is 29.7 Å². The van der Waals surface area contributed by atoms with Gasteiger partial charge in [-0.3, -0.25) is 14.5 Å². The number of aryl methyl sites for hydroxylation is 1. The van der Waals surface area contributed by atoms with Crippen molar-refractivity contribution < 1.29 is 9.53 Å². The van der Waals surface area contributed by atoms with Crippen LogP contribution in [0.4, 0.5) is 5.69 Å². The fourth-order valence-corrected chi connectivity index (χ4v) is 6.46. The first-order chi connectivity index (χ1) is 16.5. The molecule has 1 aromatic heterocycles. The molecule has 3 aliphatic heterocycles. The molecule has 1 aromatic carbocycles. The van der Waals surface area contributed by atoms with Crippen LogP contribution in [-0.4, -0.2) is 52.0 Å². The van der Waals surface area contributed by atoms with E-state index >= 15 is 0 Å². The van der Waals surface area contributed by atoms with Gasteiger partial charge >= 0.3 is 0 Å². The normalized spacial score (nSPS) is 23.1. The Morgan fingerprint density at radius 3 is 2.65 bits per heavy atom. The summed E-state index contributed by atoms with van der Waals surface area (Å²) in [6.07, 6.45) is 5.97. The maximum atomic E-state index is 13.8. The van der Waals surface area contributed by atoms with Crippen molar-refractivity contribution in [3.8, 4) is 0 Å². The van der Waals surface area contributed by atoms with Gasteiger partial charge in [-0.05, 0) is 50.7 Å². The lowest BCUT2D eigenvalue weighted by Gasteiger charge is -2.34. The second kappa shape index (κ2) is 9.84. The number of para-hydroxylation sites is 1. The maximum absolute atomic E-state index is 13.8. The summed E-state index contributed by atoms with van der Waals surface area (Å²) in [7, 11) is 0.